The van der Waals surface area contributed by atoms with Crippen LogP contribution in [0.25, 0.3) is 0 Å². The Hall–Kier alpha value is -2.82. The standard InChI is InChI=1S/C20H24N2O3/c1-4-14-21-18(23)20(2,3)19(24)22-15-10-12-17(13-11-15)25-16-8-6-5-7-9-16/h5-13H,4,14H2,1-3H3,(H,21,23)(H,22,24). The number of amides is 2. The van der Waals surface area contributed by atoms with Gasteiger partial charge in [-0.15, -0.1) is 0 Å². The molecule has 0 fully saturated rings. The number of rotatable bonds is 7. The smallest absolute Gasteiger partial charge is 0.239 e. The highest BCUT2D eigenvalue weighted by Gasteiger charge is 2.35. The number of hydrogen-bond donors (Lipinski definition) is 2. The predicted octanol–water partition coefficient (Wildman–Crippen LogP) is 3.97. The summed E-state index contributed by atoms with van der Waals surface area (Å²) in [7, 11) is 0. The third-order valence-corrected chi connectivity index (χ3v) is 3.76. The zero-order valence-corrected chi connectivity index (χ0v) is 14.8. The Bertz CT molecular complexity index is 709. The minimum Gasteiger partial charge on any atom is -0.457 e. The van der Waals surface area contributed by atoms with Gasteiger partial charge in [0.1, 0.15) is 16.9 Å². The van der Waals surface area contributed by atoms with E-state index >= 15 is 0 Å². The van der Waals surface area contributed by atoms with E-state index in [-0.39, 0.29) is 11.8 Å². The van der Waals surface area contributed by atoms with E-state index in [1.165, 1.54) is 0 Å². The number of hydrogen-bond acceptors (Lipinski definition) is 3. The fraction of sp³-hybridized carbons (Fsp3) is 0.300. The van der Waals surface area contributed by atoms with E-state index in [1.54, 1.807) is 38.1 Å². The average molecular weight is 340 g/mol. The van der Waals surface area contributed by atoms with E-state index in [0.29, 0.717) is 18.0 Å². The maximum atomic E-state index is 12.4. The Morgan fingerprint density at radius 1 is 0.920 bits per heavy atom. The van der Waals surface area contributed by atoms with E-state index < -0.39 is 5.41 Å². The number of carbonyl (C=O) groups is 2. The third-order valence-electron chi connectivity index (χ3n) is 3.76. The number of anilines is 1. The summed E-state index contributed by atoms with van der Waals surface area (Å²) < 4.78 is 5.71. The van der Waals surface area contributed by atoms with Crippen LogP contribution in [0.3, 0.4) is 0 Å². The van der Waals surface area contributed by atoms with Crippen molar-refractivity contribution in [2.75, 3.05) is 11.9 Å². The minimum absolute atomic E-state index is 0.282. The second kappa shape index (κ2) is 8.33. The van der Waals surface area contributed by atoms with Gasteiger partial charge in [-0.3, -0.25) is 9.59 Å². The van der Waals surface area contributed by atoms with Gasteiger partial charge in [0.2, 0.25) is 11.8 Å². The number of nitrogens with one attached hydrogen (secondary N) is 2. The van der Waals surface area contributed by atoms with Gasteiger partial charge in [-0.2, -0.15) is 0 Å². The normalized spacial score (nSPS) is 10.8. The Kier molecular flexibility index (Phi) is 6.17. The van der Waals surface area contributed by atoms with Gasteiger partial charge < -0.3 is 15.4 Å². The molecule has 2 amide bonds. The highest BCUT2D eigenvalue weighted by molar-refractivity contribution is 6.09. The highest BCUT2D eigenvalue weighted by atomic mass is 16.5. The van der Waals surface area contributed by atoms with E-state index in [0.717, 1.165) is 12.2 Å². The molecular formula is C20H24N2O3. The molecule has 0 atom stereocenters. The van der Waals surface area contributed by atoms with Crippen molar-refractivity contribution < 1.29 is 14.3 Å². The zero-order chi connectivity index (χ0) is 18.3. The van der Waals surface area contributed by atoms with Crippen LogP contribution >= 0.6 is 0 Å². The topological polar surface area (TPSA) is 67.4 Å². The predicted molar refractivity (Wildman–Crippen MR) is 98.7 cm³/mol. The molecular weight excluding hydrogens is 316 g/mol. The van der Waals surface area contributed by atoms with Crippen molar-refractivity contribution >= 4 is 17.5 Å². The Morgan fingerprint density at radius 3 is 2.12 bits per heavy atom. The summed E-state index contributed by atoms with van der Waals surface area (Å²) in [6, 6.07) is 16.5. The van der Waals surface area contributed by atoms with Gasteiger partial charge in [0, 0.05) is 12.2 Å². The van der Waals surface area contributed by atoms with E-state index in [2.05, 4.69) is 10.6 Å². The molecule has 0 radical (unpaired) electrons. The molecule has 2 rings (SSSR count). The Morgan fingerprint density at radius 2 is 1.52 bits per heavy atom. The van der Waals surface area contributed by atoms with Crippen LogP contribution in [0, 0.1) is 5.41 Å². The first-order chi connectivity index (χ1) is 11.9. The summed E-state index contributed by atoms with van der Waals surface area (Å²) in [6.45, 7) is 5.74. The average Bonchev–Trinajstić information content (AvgIpc) is 2.62. The number of carbonyl (C=O) groups excluding carboxylic acids is 2. The lowest BCUT2D eigenvalue weighted by molar-refractivity contribution is -0.138. The molecule has 0 unspecified atom stereocenters. The van der Waals surface area contributed by atoms with Crippen molar-refractivity contribution in [3.8, 4) is 11.5 Å². The van der Waals surface area contributed by atoms with E-state index in [9.17, 15) is 9.59 Å². The molecule has 0 aliphatic heterocycles. The molecule has 0 aromatic heterocycles. The second-order valence-electron chi connectivity index (χ2n) is 6.27. The minimum atomic E-state index is -1.14. The Labute approximate surface area is 148 Å². The Balaban J connectivity index is 1.98. The van der Waals surface area contributed by atoms with Crippen molar-refractivity contribution in [3.63, 3.8) is 0 Å². The largest absolute Gasteiger partial charge is 0.457 e. The first kappa shape index (κ1) is 18.5. The van der Waals surface area contributed by atoms with Gasteiger partial charge in [0.15, 0.2) is 0 Å². The van der Waals surface area contributed by atoms with Gasteiger partial charge >= 0.3 is 0 Å². The molecule has 0 bridgehead atoms. The number of ether oxygens (including phenoxy) is 1. The van der Waals surface area contributed by atoms with Gasteiger partial charge in [0.25, 0.3) is 0 Å². The zero-order valence-electron chi connectivity index (χ0n) is 14.8. The number of para-hydroxylation sites is 1. The molecule has 0 aliphatic rings. The van der Waals surface area contributed by atoms with Crippen LogP contribution in [0.4, 0.5) is 5.69 Å². The molecule has 0 aliphatic carbocycles. The van der Waals surface area contributed by atoms with Gasteiger partial charge in [0.05, 0.1) is 0 Å². The molecule has 25 heavy (non-hydrogen) atoms. The summed E-state index contributed by atoms with van der Waals surface area (Å²) in [6.07, 6.45) is 0.826. The lowest BCUT2D eigenvalue weighted by atomic mass is 9.91. The lowest BCUT2D eigenvalue weighted by Gasteiger charge is -2.22. The first-order valence-electron chi connectivity index (χ1n) is 8.36. The van der Waals surface area contributed by atoms with Crippen LogP contribution in [0.1, 0.15) is 27.2 Å². The van der Waals surface area contributed by atoms with E-state index in [1.807, 2.05) is 37.3 Å². The van der Waals surface area contributed by atoms with Crippen molar-refractivity contribution in [1.29, 1.82) is 0 Å². The fourth-order valence-electron chi connectivity index (χ4n) is 2.08. The summed E-state index contributed by atoms with van der Waals surface area (Å²) in [4.78, 5) is 24.5. The van der Waals surface area contributed by atoms with Crippen molar-refractivity contribution in [1.82, 2.24) is 5.32 Å². The van der Waals surface area contributed by atoms with Gasteiger partial charge in [-0.25, -0.2) is 0 Å². The van der Waals surface area contributed by atoms with Crippen LogP contribution in [0.2, 0.25) is 0 Å². The summed E-state index contributed by atoms with van der Waals surface area (Å²) in [5.41, 5.74) is -0.532. The van der Waals surface area contributed by atoms with Crippen molar-refractivity contribution in [2.45, 2.75) is 27.2 Å². The molecule has 132 valence electrons. The quantitative estimate of drug-likeness (QED) is 0.750. The number of benzene rings is 2. The summed E-state index contributed by atoms with van der Waals surface area (Å²) >= 11 is 0. The van der Waals surface area contributed by atoms with Crippen LogP contribution in [0.15, 0.2) is 54.6 Å². The van der Waals surface area contributed by atoms with Crippen LogP contribution in [-0.4, -0.2) is 18.4 Å². The molecule has 5 heteroatoms. The molecule has 0 saturated carbocycles. The maximum Gasteiger partial charge on any atom is 0.239 e. The SMILES string of the molecule is CCCNC(=O)C(C)(C)C(=O)Nc1ccc(Oc2ccccc2)cc1. The van der Waals surface area contributed by atoms with Crippen LogP contribution < -0.4 is 15.4 Å². The third kappa shape index (κ3) is 5.08. The molecule has 2 aromatic rings. The summed E-state index contributed by atoms with van der Waals surface area (Å²) in [5, 5.41) is 5.53. The molecule has 5 nitrogen and oxygen atoms in total. The fourth-order valence-corrected chi connectivity index (χ4v) is 2.08. The lowest BCUT2D eigenvalue weighted by Crippen LogP contribution is -2.45. The van der Waals surface area contributed by atoms with E-state index in [4.69, 9.17) is 4.74 Å². The van der Waals surface area contributed by atoms with Gasteiger partial charge in [-0.1, -0.05) is 25.1 Å². The molecule has 0 spiro atoms. The molecule has 2 aromatic carbocycles. The first-order valence-corrected chi connectivity index (χ1v) is 8.36. The van der Waals surface area contributed by atoms with Gasteiger partial charge in [-0.05, 0) is 56.7 Å². The molecule has 0 heterocycles. The van der Waals surface area contributed by atoms with Crippen molar-refractivity contribution in [3.05, 3.63) is 54.6 Å². The van der Waals surface area contributed by atoms with Crippen LogP contribution in [0.5, 0.6) is 11.5 Å². The molecule has 0 saturated heterocycles. The molecule has 2 N–H and O–H groups in total. The summed E-state index contributed by atoms with van der Waals surface area (Å²) in [5.74, 6) is 0.783. The monoisotopic (exact) mass is 340 g/mol. The van der Waals surface area contributed by atoms with Crippen LogP contribution in [-0.2, 0) is 9.59 Å². The second-order valence-corrected chi connectivity index (χ2v) is 6.27. The maximum absolute atomic E-state index is 12.4. The highest BCUT2D eigenvalue weighted by Crippen LogP contribution is 2.24. The van der Waals surface area contributed by atoms with Crippen molar-refractivity contribution in [2.24, 2.45) is 5.41 Å².